The van der Waals surface area contributed by atoms with Crippen molar-refractivity contribution in [3.05, 3.63) is 30.1 Å². The highest BCUT2D eigenvalue weighted by Gasteiger charge is 2.51. The second-order valence-corrected chi connectivity index (χ2v) is 10.9. The van der Waals surface area contributed by atoms with Gasteiger partial charge in [0.1, 0.15) is 5.82 Å². The smallest absolute Gasteiger partial charge is 0.226 e. The van der Waals surface area contributed by atoms with Gasteiger partial charge in [-0.3, -0.25) is 9.79 Å². The first-order valence-corrected chi connectivity index (χ1v) is 12.6. The molecule has 4 aliphatic carbocycles. The summed E-state index contributed by atoms with van der Waals surface area (Å²) in [6.45, 7) is 3.15. The van der Waals surface area contributed by atoms with Crippen LogP contribution in [0, 0.1) is 23.6 Å². The molecule has 1 amide bonds. The van der Waals surface area contributed by atoms with E-state index in [1.165, 1.54) is 55.8 Å². The number of carbonyl (C=O) groups excluding carboxylic acids is 1. The van der Waals surface area contributed by atoms with E-state index in [9.17, 15) is 9.18 Å². The van der Waals surface area contributed by atoms with Crippen molar-refractivity contribution in [1.29, 1.82) is 0 Å². The van der Waals surface area contributed by atoms with Crippen molar-refractivity contribution in [1.82, 2.24) is 4.90 Å². The number of aliphatic imine (C=N–C) groups is 1. The van der Waals surface area contributed by atoms with Crippen LogP contribution >= 0.6 is 24.2 Å². The van der Waals surface area contributed by atoms with E-state index in [0.717, 1.165) is 36.5 Å². The van der Waals surface area contributed by atoms with Crippen molar-refractivity contribution in [3.63, 3.8) is 0 Å². The summed E-state index contributed by atoms with van der Waals surface area (Å²) in [4.78, 5) is 20.5. The SMILES string of the molecule is CCCN1/C(=N/C23CC4CC(CC(C4)C2)C3)SCC1CC(=O)Nc1ccc(F)cc1.Cl. The maximum Gasteiger partial charge on any atom is 0.226 e. The van der Waals surface area contributed by atoms with Crippen LogP contribution in [0.25, 0.3) is 0 Å². The monoisotopic (exact) mass is 465 g/mol. The molecule has 6 rings (SSSR count). The number of benzene rings is 1. The zero-order valence-electron chi connectivity index (χ0n) is 18.2. The number of anilines is 1. The summed E-state index contributed by atoms with van der Waals surface area (Å²) in [5.41, 5.74) is 0.825. The highest BCUT2D eigenvalue weighted by atomic mass is 35.5. The molecule has 31 heavy (non-hydrogen) atoms. The molecule has 1 heterocycles. The van der Waals surface area contributed by atoms with Crippen molar-refractivity contribution >= 4 is 40.9 Å². The minimum Gasteiger partial charge on any atom is -0.347 e. The van der Waals surface area contributed by atoms with Crippen LogP contribution in [-0.4, -0.2) is 39.9 Å². The molecule has 1 atom stereocenters. The molecule has 1 aliphatic heterocycles. The van der Waals surface area contributed by atoms with E-state index in [2.05, 4.69) is 17.1 Å². The number of nitrogens with one attached hydrogen (secondary N) is 1. The third-order valence-corrected chi connectivity index (χ3v) is 8.58. The molecule has 4 bridgehead atoms. The van der Waals surface area contributed by atoms with E-state index in [4.69, 9.17) is 4.99 Å². The van der Waals surface area contributed by atoms with Gasteiger partial charge in [-0.25, -0.2) is 4.39 Å². The number of nitrogens with zero attached hydrogens (tertiary/aromatic N) is 2. The molecule has 0 aromatic heterocycles. The van der Waals surface area contributed by atoms with Gasteiger partial charge in [0.15, 0.2) is 5.17 Å². The van der Waals surface area contributed by atoms with Crippen molar-refractivity contribution in [2.24, 2.45) is 22.7 Å². The lowest BCUT2D eigenvalue weighted by Gasteiger charge is -2.55. The van der Waals surface area contributed by atoms with Gasteiger partial charge in [0.05, 0.1) is 5.54 Å². The zero-order chi connectivity index (χ0) is 20.7. The fourth-order valence-corrected chi connectivity index (χ4v) is 7.95. The third kappa shape index (κ3) is 4.90. The first kappa shape index (κ1) is 22.9. The number of carbonyl (C=O) groups is 1. The fraction of sp³-hybridized carbons (Fsp3) is 0.667. The van der Waals surface area contributed by atoms with E-state index in [-0.39, 0.29) is 35.7 Å². The predicted octanol–water partition coefficient (Wildman–Crippen LogP) is 5.73. The number of halogens is 2. The molecule has 4 nitrogen and oxygen atoms in total. The van der Waals surface area contributed by atoms with E-state index >= 15 is 0 Å². The summed E-state index contributed by atoms with van der Waals surface area (Å²) in [6.07, 6.45) is 9.63. The van der Waals surface area contributed by atoms with Crippen molar-refractivity contribution < 1.29 is 9.18 Å². The highest BCUT2D eigenvalue weighted by Crippen LogP contribution is 2.57. The van der Waals surface area contributed by atoms with Crippen molar-refractivity contribution in [2.45, 2.75) is 69.9 Å². The van der Waals surface area contributed by atoms with Gasteiger partial charge in [0, 0.05) is 30.4 Å². The molecular formula is C24H33ClFN3OS. The lowest BCUT2D eigenvalue weighted by molar-refractivity contribution is -0.116. The van der Waals surface area contributed by atoms with E-state index in [0.29, 0.717) is 12.1 Å². The average Bonchev–Trinajstić information content (AvgIpc) is 3.03. The second-order valence-electron chi connectivity index (χ2n) is 9.95. The molecule has 7 heteroatoms. The summed E-state index contributed by atoms with van der Waals surface area (Å²) in [5, 5.41) is 4.10. The summed E-state index contributed by atoms with van der Waals surface area (Å²) in [7, 11) is 0. The Bertz CT molecular complexity index is 795. The Labute approximate surface area is 195 Å². The standard InChI is InChI=1S/C24H32FN3OS.ClH/c1-2-7-28-21(11-22(29)26-20-5-3-19(25)4-6-20)15-30-23(28)27-24-12-16-8-17(13-24)10-18(9-16)14-24;/h3-6,16-18,21H,2,7-15H2,1H3,(H,26,29);1H/b27-23-;. The summed E-state index contributed by atoms with van der Waals surface area (Å²) < 4.78 is 13.1. The third-order valence-electron chi connectivity index (χ3n) is 7.44. The normalized spacial score (nSPS) is 34.8. The average molecular weight is 466 g/mol. The molecule has 4 saturated carbocycles. The largest absolute Gasteiger partial charge is 0.347 e. The van der Waals surface area contributed by atoms with Crippen LogP contribution in [0.3, 0.4) is 0 Å². The second kappa shape index (κ2) is 9.30. The predicted molar refractivity (Wildman–Crippen MR) is 128 cm³/mol. The van der Waals surface area contributed by atoms with Gasteiger partial charge in [-0.15, -0.1) is 12.4 Å². The number of hydrogen-bond donors (Lipinski definition) is 1. The lowest BCUT2D eigenvalue weighted by Crippen LogP contribution is -2.50. The molecule has 1 aromatic rings. The first-order chi connectivity index (χ1) is 14.5. The Morgan fingerprint density at radius 2 is 1.77 bits per heavy atom. The maximum absolute atomic E-state index is 13.1. The minimum absolute atomic E-state index is 0. The molecule has 170 valence electrons. The number of amides is 1. The molecule has 1 saturated heterocycles. The Balaban J connectivity index is 0.00000231. The van der Waals surface area contributed by atoms with E-state index < -0.39 is 0 Å². The molecule has 5 fully saturated rings. The van der Waals surface area contributed by atoms with Gasteiger partial charge >= 0.3 is 0 Å². The Morgan fingerprint density at radius 1 is 1.16 bits per heavy atom. The highest BCUT2D eigenvalue weighted by molar-refractivity contribution is 8.14. The van der Waals surface area contributed by atoms with Gasteiger partial charge < -0.3 is 10.2 Å². The first-order valence-electron chi connectivity index (χ1n) is 11.6. The molecule has 1 aromatic carbocycles. The topological polar surface area (TPSA) is 44.7 Å². The number of amidine groups is 1. The number of hydrogen-bond acceptors (Lipinski definition) is 3. The molecule has 5 aliphatic rings. The van der Waals surface area contributed by atoms with Gasteiger partial charge in [0.25, 0.3) is 0 Å². The van der Waals surface area contributed by atoms with Crippen LogP contribution in [0.15, 0.2) is 29.3 Å². The Kier molecular flexibility index (Phi) is 6.87. The molecule has 0 spiro atoms. The summed E-state index contributed by atoms with van der Waals surface area (Å²) in [5.74, 6) is 3.29. The van der Waals surface area contributed by atoms with Crippen molar-refractivity contribution in [2.75, 3.05) is 17.6 Å². The van der Waals surface area contributed by atoms with E-state index in [1.54, 1.807) is 12.1 Å². The summed E-state index contributed by atoms with van der Waals surface area (Å²) >= 11 is 1.84. The molecule has 0 radical (unpaired) electrons. The molecular weight excluding hydrogens is 433 g/mol. The zero-order valence-corrected chi connectivity index (χ0v) is 19.8. The van der Waals surface area contributed by atoms with Gasteiger partial charge in [-0.1, -0.05) is 18.7 Å². The molecule has 1 unspecified atom stereocenters. The Hall–Kier alpha value is -1.27. The van der Waals surface area contributed by atoms with Crippen LogP contribution in [0.2, 0.25) is 0 Å². The lowest BCUT2D eigenvalue weighted by atomic mass is 9.53. The number of rotatable bonds is 6. The van der Waals surface area contributed by atoms with E-state index in [1.807, 2.05) is 11.8 Å². The fourth-order valence-electron chi connectivity index (χ4n) is 6.65. The van der Waals surface area contributed by atoms with Crippen LogP contribution in [-0.2, 0) is 4.79 Å². The van der Waals surface area contributed by atoms with Gasteiger partial charge in [0.2, 0.25) is 5.91 Å². The summed E-state index contributed by atoms with van der Waals surface area (Å²) in [6, 6.07) is 6.16. The number of thioether (sulfide) groups is 1. The maximum atomic E-state index is 13.1. The van der Waals surface area contributed by atoms with Crippen LogP contribution in [0.1, 0.15) is 58.3 Å². The van der Waals surface area contributed by atoms with Crippen LogP contribution < -0.4 is 5.32 Å². The van der Waals surface area contributed by atoms with Gasteiger partial charge in [-0.05, 0) is 87.0 Å². The molecule has 1 N–H and O–H groups in total. The minimum atomic E-state index is -0.292. The van der Waals surface area contributed by atoms with Crippen molar-refractivity contribution in [3.8, 4) is 0 Å². The van der Waals surface area contributed by atoms with Crippen LogP contribution in [0.4, 0.5) is 10.1 Å². The quantitative estimate of drug-likeness (QED) is 0.583. The Morgan fingerprint density at radius 3 is 2.35 bits per heavy atom. The van der Waals surface area contributed by atoms with Gasteiger partial charge in [-0.2, -0.15) is 0 Å². The van der Waals surface area contributed by atoms with Crippen LogP contribution in [0.5, 0.6) is 0 Å².